The van der Waals surface area contributed by atoms with Gasteiger partial charge < -0.3 is 11.5 Å². The lowest BCUT2D eigenvalue weighted by atomic mass is 10.1. The number of nitrogens with two attached hydrogens (primary N) is 2. The zero-order valence-electron chi connectivity index (χ0n) is 5.95. The SMILES string of the molecule is N[CH]c1ccccc1C(N)=O. The zero-order valence-corrected chi connectivity index (χ0v) is 5.95. The summed E-state index contributed by atoms with van der Waals surface area (Å²) >= 11 is 0. The third-order valence-corrected chi connectivity index (χ3v) is 1.41. The average Bonchev–Trinajstić information content (AvgIpc) is 2.04. The van der Waals surface area contributed by atoms with Gasteiger partial charge in [0.25, 0.3) is 0 Å². The molecule has 0 atom stereocenters. The normalized spacial score (nSPS) is 9.55. The van der Waals surface area contributed by atoms with E-state index in [1.54, 1.807) is 24.3 Å². The molecule has 3 heteroatoms. The summed E-state index contributed by atoms with van der Waals surface area (Å²) in [7, 11) is 0. The standard InChI is InChI=1S/C8H9N2O/c9-5-6-3-1-2-4-7(6)8(10)11/h1-5H,9H2,(H2,10,11). The Balaban J connectivity index is 3.12. The Hall–Kier alpha value is -1.35. The van der Waals surface area contributed by atoms with E-state index in [0.29, 0.717) is 11.1 Å². The third-order valence-electron chi connectivity index (χ3n) is 1.41. The largest absolute Gasteiger partial charge is 0.366 e. The molecule has 0 aromatic heterocycles. The van der Waals surface area contributed by atoms with Crippen molar-refractivity contribution >= 4 is 5.91 Å². The van der Waals surface area contributed by atoms with E-state index in [2.05, 4.69) is 0 Å². The molecule has 3 nitrogen and oxygen atoms in total. The summed E-state index contributed by atoms with van der Waals surface area (Å²) < 4.78 is 0. The lowest BCUT2D eigenvalue weighted by Crippen LogP contribution is -2.14. The molecular formula is C8H9N2O. The zero-order chi connectivity index (χ0) is 8.27. The molecule has 0 bridgehead atoms. The molecule has 1 rings (SSSR count). The smallest absolute Gasteiger partial charge is 0.249 e. The minimum absolute atomic E-state index is 0.454. The molecule has 57 valence electrons. The van der Waals surface area contributed by atoms with Crippen molar-refractivity contribution in [3.8, 4) is 0 Å². The second kappa shape index (κ2) is 3.16. The summed E-state index contributed by atoms with van der Waals surface area (Å²) in [5, 5.41) is 0. The molecule has 0 saturated heterocycles. The van der Waals surface area contributed by atoms with Crippen molar-refractivity contribution in [2.45, 2.75) is 0 Å². The van der Waals surface area contributed by atoms with Crippen LogP contribution in [0.25, 0.3) is 0 Å². The van der Waals surface area contributed by atoms with Gasteiger partial charge in [-0.2, -0.15) is 0 Å². The summed E-state index contributed by atoms with van der Waals surface area (Å²) in [5.41, 5.74) is 11.5. The molecule has 0 aliphatic heterocycles. The van der Waals surface area contributed by atoms with Crippen molar-refractivity contribution in [3.05, 3.63) is 41.9 Å². The maximum absolute atomic E-state index is 10.7. The molecule has 0 heterocycles. The van der Waals surface area contributed by atoms with Gasteiger partial charge in [-0.05, 0) is 11.6 Å². The molecule has 1 amide bonds. The topological polar surface area (TPSA) is 69.1 Å². The first-order chi connectivity index (χ1) is 5.25. The first kappa shape index (κ1) is 7.75. The van der Waals surface area contributed by atoms with Crippen LogP contribution in [0.5, 0.6) is 0 Å². The number of hydrogen-bond acceptors (Lipinski definition) is 2. The predicted molar refractivity (Wildman–Crippen MR) is 42.5 cm³/mol. The van der Waals surface area contributed by atoms with E-state index in [1.165, 1.54) is 6.54 Å². The Morgan fingerprint density at radius 1 is 1.36 bits per heavy atom. The first-order valence-corrected chi connectivity index (χ1v) is 3.19. The summed E-state index contributed by atoms with van der Waals surface area (Å²) in [6.07, 6.45) is 0. The summed E-state index contributed by atoms with van der Waals surface area (Å²) in [5.74, 6) is -0.456. The Kier molecular flexibility index (Phi) is 2.23. The van der Waals surface area contributed by atoms with Gasteiger partial charge in [-0.25, -0.2) is 0 Å². The maximum Gasteiger partial charge on any atom is 0.249 e. The monoisotopic (exact) mass is 149 g/mol. The van der Waals surface area contributed by atoms with Gasteiger partial charge in [-0.3, -0.25) is 4.79 Å². The molecule has 1 aromatic rings. The van der Waals surface area contributed by atoms with E-state index in [4.69, 9.17) is 11.5 Å². The van der Waals surface area contributed by atoms with Crippen molar-refractivity contribution in [1.29, 1.82) is 0 Å². The van der Waals surface area contributed by atoms with Crippen molar-refractivity contribution in [1.82, 2.24) is 0 Å². The summed E-state index contributed by atoms with van der Waals surface area (Å²) in [4.78, 5) is 10.7. The first-order valence-electron chi connectivity index (χ1n) is 3.19. The fourth-order valence-corrected chi connectivity index (χ4v) is 0.867. The van der Waals surface area contributed by atoms with Crippen molar-refractivity contribution in [2.24, 2.45) is 11.5 Å². The van der Waals surface area contributed by atoms with E-state index in [9.17, 15) is 4.79 Å². The number of amides is 1. The fraction of sp³-hybridized carbons (Fsp3) is 0. The van der Waals surface area contributed by atoms with Crippen molar-refractivity contribution < 1.29 is 4.79 Å². The Bertz CT molecular complexity index is 271. The van der Waals surface area contributed by atoms with Crippen LogP contribution in [0.1, 0.15) is 15.9 Å². The Morgan fingerprint density at radius 3 is 2.45 bits per heavy atom. The van der Waals surface area contributed by atoms with Crippen LogP contribution >= 0.6 is 0 Å². The minimum Gasteiger partial charge on any atom is -0.366 e. The second-order valence-corrected chi connectivity index (χ2v) is 2.12. The van der Waals surface area contributed by atoms with E-state index in [0.717, 1.165) is 0 Å². The molecule has 1 aromatic carbocycles. The van der Waals surface area contributed by atoms with Crippen molar-refractivity contribution in [2.75, 3.05) is 0 Å². The molecule has 0 aliphatic carbocycles. The van der Waals surface area contributed by atoms with Gasteiger partial charge in [-0.1, -0.05) is 18.2 Å². The van der Waals surface area contributed by atoms with Gasteiger partial charge in [0.15, 0.2) is 0 Å². The minimum atomic E-state index is -0.456. The van der Waals surface area contributed by atoms with Crippen LogP contribution < -0.4 is 11.5 Å². The predicted octanol–water partition coefficient (Wildman–Crippen LogP) is 0.254. The number of carbonyl (C=O) groups is 1. The maximum atomic E-state index is 10.7. The molecular weight excluding hydrogens is 140 g/mol. The van der Waals surface area contributed by atoms with Crippen LogP contribution in [0.3, 0.4) is 0 Å². The van der Waals surface area contributed by atoms with Gasteiger partial charge in [0.05, 0.1) is 0 Å². The van der Waals surface area contributed by atoms with Gasteiger partial charge in [0.1, 0.15) is 0 Å². The molecule has 0 fully saturated rings. The van der Waals surface area contributed by atoms with E-state index >= 15 is 0 Å². The van der Waals surface area contributed by atoms with E-state index in [-0.39, 0.29) is 0 Å². The molecule has 0 spiro atoms. The molecule has 0 aliphatic rings. The Labute approximate surface area is 65.0 Å². The highest BCUT2D eigenvalue weighted by Gasteiger charge is 2.03. The van der Waals surface area contributed by atoms with Crippen LogP contribution in [-0.2, 0) is 0 Å². The molecule has 0 unspecified atom stereocenters. The molecule has 0 saturated carbocycles. The number of benzene rings is 1. The third kappa shape index (κ3) is 1.56. The molecule has 4 N–H and O–H groups in total. The molecule has 1 radical (unpaired) electrons. The Morgan fingerprint density at radius 2 is 2.00 bits per heavy atom. The summed E-state index contributed by atoms with van der Waals surface area (Å²) in [6, 6.07) is 6.92. The van der Waals surface area contributed by atoms with Crippen LogP contribution in [0.4, 0.5) is 0 Å². The lowest BCUT2D eigenvalue weighted by Gasteiger charge is -2.00. The highest BCUT2D eigenvalue weighted by Crippen LogP contribution is 2.06. The van der Waals surface area contributed by atoms with Crippen LogP contribution in [0.2, 0.25) is 0 Å². The quantitative estimate of drug-likeness (QED) is 0.633. The van der Waals surface area contributed by atoms with E-state index in [1.807, 2.05) is 0 Å². The molecule has 11 heavy (non-hydrogen) atoms. The van der Waals surface area contributed by atoms with Crippen LogP contribution in [0.15, 0.2) is 24.3 Å². The van der Waals surface area contributed by atoms with Crippen LogP contribution in [-0.4, -0.2) is 5.91 Å². The average molecular weight is 149 g/mol. The highest BCUT2D eigenvalue weighted by molar-refractivity contribution is 5.94. The summed E-state index contributed by atoms with van der Waals surface area (Å²) in [6.45, 7) is 1.36. The van der Waals surface area contributed by atoms with Gasteiger partial charge >= 0.3 is 0 Å². The van der Waals surface area contributed by atoms with Gasteiger partial charge in [0.2, 0.25) is 5.91 Å². The fourth-order valence-electron chi connectivity index (χ4n) is 0.867. The highest BCUT2D eigenvalue weighted by atomic mass is 16.1. The number of carbonyl (C=O) groups excluding carboxylic acids is 1. The van der Waals surface area contributed by atoms with Crippen LogP contribution in [0, 0.1) is 6.54 Å². The lowest BCUT2D eigenvalue weighted by molar-refractivity contribution is 0.1000. The van der Waals surface area contributed by atoms with Crippen molar-refractivity contribution in [3.63, 3.8) is 0 Å². The second-order valence-electron chi connectivity index (χ2n) is 2.12. The van der Waals surface area contributed by atoms with Gasteiger partial charge in [-0.15, -0.1) is 0 Å². The number of hydrogen-bond donors (Lipinski definition) is 2. The van der Waals surface area contributed by atoms with E-state index < -0.39 is 5.91 Å². The number of rotatable bonds is 2. The number of primary amides is 1. The van der Waals surface area contributed by atoms with Gasteiger partial charge in [0, 0.05) is 12.1 Å².